The Morgan fingerprint density at radius 2 is 1.63 bits per heavy atom. The molecule has 4 fully saturated rings. The van der Waals surface area contributed by atoms with Crippen LogP contribution in [-0.2, 0) is 5.41 Å². The van der Waals surface area contributed by atoms with Crippen LogP contribution >= 0.6 is 0 Å². The quantitative estimate of drug-likeness (QED) is 0.776. The highest BCUT2D eigenvalue weighted by molar-refractivity contribution is 5.82. The van der Waals surface area contributed by atoms with Crippen LogP contribution in [0.4, 0.5) is 5.69 Å². The molecule has 4 aliphatic carbocycles. The van der Waals surface area contributed by atoms with Crippen molar-refractivity contribution in [2.45, 2.75) is 49.5 Å². The first-order valence-corrected chi connectivity index (χ1v) is 10.1. The van der Waals surface area contributed by atoms with Crippen molar-refractivity contribution in [3.8, 4) is 5.75 Å². The second-order valence-corrected chi connectivity index (χ2v) is 9.04. The highest BCUT2D eigenvalue weighted by atomic mass is 16.5. The van der Waals surface area contributed by atoms with E-state index < -0.39 is 5.60 Å². The molecule has 4 saturated carbocycles. The summed E-state index contributed by atoms with van der Waals surface area (Å²) in [7, 11) is 1.67. The summed E-state index contributed by atoms with van der Waals surface area (Å²) in [4.78, 5) is 4.62. The molecule has 3 nitrogen and oxygen atoms in total. The van der Waals surface area contributed by atoms with Crippen molar-refractivity contribution in [2.24, 2.45) is 16.8 Å². The van der Waals surface area contributed by atoms with Crippen LogP contribution in [-0.4, -0.2) is 24.0 Å². The zero-order valence-corrected chi connectivity index (χ0v) is 15.9. The summed E-state index contributed by atoms with van der Waals surface area (Å²) in [6, 6.07) is 16.6. The average molecular weight is 361 g/mol. The molecular weight excluding hydrogens is 334 g/mol. The molecule has 1 N–H and O–H groups in total. The Balaban J connectivity index is 1.35. The van der Waals surface area contributed by atoms with Gasteiger partial charge in [-0.2, -0.15) is 0 Å². The zero-order chi connectivity index (χ0) is 18.5. The number of nitrogens with zero attached hydrogens (tertiary/aromatic N) is 1. The van der Waals surface area contributed by atoms with E-state index in [1.165, 1.54) is 24.8 Å². The summed E-state index contributed by atoms with van der Waals surface area (Å²) in [5.41, 5.74) is 3.21. The number of rotatable bonds is 4. The van der Waals surface area contributed by atoms with Crippen molar-refractivity contribution >= 4 is 11.9 Å². The van der Waals surface area contributed by atoms with E-state index in [9.17, 15) is 5.11 Å². The van der Waals surface area contributed by atoms with E-state index in [-0.39, 0.29) is 5.41 Å². The predicted octanol–water partition coefficient (Wildman–Crippen LogP) is 5.03. The molecule has 0 aliphatic heterocycles. The maximum atomic E-state index is 11.0. The van der Waals surface area contributed by atoms with Gasteiger partial charge in [-0.25, -0.2) is 0 Å². The number of ether oxygens (including phenoxy) is 1. The summed E-state index contributed by atoms with van der Waals surface area (Å²) in [5, 5.41) is 11.0. The minimum Gasteiger partial charge on any atom is -0.497 e. The number of hydrogen-bond donors (Lipinski definition) is 1. The monoisotopic (exact) mass is 361 g/mol. The largest absolute Gasteiger partial charge is 0.497 e. The molecule has 140 valence electrons. The Labute approximate surface area is 161 Å². The smallest absolute Gasteiger partial charge is 0.118 e. The van der Waals surface area contributed by atoms with Gasteiger partial charge in [0.2, 0.25) is 0 Å². The molecule has 27 heavy (non-hydrogen) atoms. The summed E-state index contributed by atoms with van der Waals surface area (Å²) >= 11 is 0. The number of aliphatic hydroxyl groups is 1. The third-order valence-corrected chi connectivity index (χ3v) is 6.99. The summed E-state index contributed by atoms with van der Waals surface area (Å²) in [6.07, 6.45) is 8.71. The number of benzene rings is 2. The van der Waals surface area contributed by atoms with Gasteiger partial charge in [0.15, 0.2) is 0 Å². The number of aliphatic imine (C=N–C) groups is 1. The third-order valence-electron chi connectivity index (χ3n) is 6.99. The normalized spacial score (nSPS) is 34.3. The molecule has 0 spiro atoms. The summed E-state index contributed by atoms with van der Waals surface area (Å²) in [5.74, 6) is 2.28. The molecule has 4 bridgehead atoms. The van der Waals surface area contributed by atoms with E-state index in [1.807, 2.05) is 30.5 Å². The highest BCUT2D eigenvalue weighted by Crippen LogP contribution is 2.62. The van der Waals surface area contributed by atoms with Crippen molar-refractivity contribution in [1.82, 2.24) is 0 Å². The Kier molecular flexibility index (Phi) is 3.90. The first-order valence-electron chi connectivity index (χ1n) is 10.1. The van der Waals surface area contributed by atoms with Crippen LogP contribution in [0.3, 0.4) is 0 Å². The van der Waals surface area contributed by atoms with Crippen LogP contribution in [0.15, 0.2) is 53.5 Å². The van der Waals surface area contributed by atoms with Gasteiger partial charge in [0.05, 0.1) is 18.4 Å². The molecular formula is C24H27NO2. The second kappa shape index (κ2) is 6.20. The van der Waals surface area contributed by atoms with Crippen molar-refractivity contribution in [3.63, 3.8) is 0 Å². The van der Waals surface area contributed by atoms with Crippen LogP contribution in [0, 0.1) is 11.8 Å². The van der Waals surface area contributed by atoms with Gasteiger partial charge in [0.1, 0.15) is 5.75 Å². The third kappa shape index (κ3) is 3.08. The standard InChI is InChI=1S/C24H27NO2/c1-27-22-8-2-17(3-9-22)15-25-21-6-4-20(5-7-21)23-11-18-10-19(12-23)14-24(26,13-18)16-23/h2-9,15,18-19,26H,10-14,16H2,1H3/t18-,19+,23?,24?. The van der Waals surface area contributed by atoms with Crippen molar-refractivity contribution in [2.75, 3.05) is 7.11 Å². The molecule has 0 heterocycles. The lowest BCUT2D eigenvalue weighted by molar-refractivity contribution is -0.136. The molecule has 0 amide bonds. The lowest BCUT2D eigenvalue weighted by atomic mass is 9.46. The maximum Gasteiger partial charge on any atom is 0.118 e. The van der Waals surface area contributed by atoms with Gasteiger partial charge in [-0.05, 0) is 103 Å². The Morgan fingerprint density at radius 1 is 0.963 bits per heavy atom. The SMILES string of the molecule is COc1ccc(C=Nc2ccc(C34C[C@@H]5C[C@@H](CC(O)(C5)C3)C4)cc2)cc1. The number of hydrogen-bond acceptors (Lipinski definition) is 3. The van der Waals surface area contributed by atoms with E-state index in [0.29, 0.717) is 11.8 Å². The van der Waals surface area contributed by atoms with Crippen LogP contribution in [0.5, 0.6) is 5.75 Å². The van der Waals surface area contributed by atoms with Gasteiger partial charge < -0.3 is 9.84 Å². The van der Waals surface area contributed by atoms with Gasteiger partial charge in [0.25, 0.3) is 0 Å². The van der Waals surface area contributed by atoms with E-state index in [2.05, 4.69) is 29.3 Å². The van der Waals surface area contributed by atoms with E-state index in [1.54, 1.807) is 7.11 Å². The van der Waals surface area contributed by atoms with Gasteiger partial charge in [-0.1, -0.05) is 12.1 Å². The Bertz CT molecular complexity index is 839. The van der Waals surface area contributed by atoms with Crippen molar-refractivity contribution in [1.29, 1.82) is 0 Å². The van der Waals surface area contributed by atoms with Crippen LogP contribution in [0.1, 0.15) is 49.7 Å². The van der Waals surface area contributed by atoms with E-state index in [4.69, 9.17) is 4.74 Å². The van der Waals surface area contributed by atoms with Crippen molar-refractivity contribution in [3.05, 3.63) is 59.7 Å². The molecule has 0 saturated heterocycles. The highest BCUT2D eigenvalue weighted by Gasteiger charge is 2.57. The van der Waals surface area contributed by atoms with E-state index in [0.717, 1.165) is 36.3 Å². The van der Waals surface area contributed by atoms with Gasteiger partial charge >= 0.3 is 0 Å². The van der Waals surface area contributed by atoms with Crippen LogP contribution < -0.4 is 4.74 Å². The molecule has 6 rings (SSSR count). The molecule has 0 radical (unpaired) electrons. The van der Waals surface area contributed by atoms with Gasteiger partial charge in [-0.3, -0.25) is 4.99 Å². The minimum atomic E-state index is -0.407. The van der Waals surface area contributed by atoms with Crippen molar-refractivity contribution < 1.29 is 9.84 Å². The fourth-order valence-corrected chi connectivity index (χ4v) is 6.29. The molecule has 0 aromatic heterocycles. The molecule has 4 atom stereocenters. The second-order valence-electron chi connectivity index (χ2n) is 9.04. The molecule has 2 unspecified atom stereocenters. The van der Waals surface area contributed by atoms with Gasteiger partial charge in [0, 0.05) is 6.21 Å². The van der Waals surface area contributed by atoms with Crippen LogP contribution in [0.2, 0.25) is 0 Å². The van der Waals surface area contributed by atoms with Gasteiger partial charge in [-0.15, -0.1) is 0 Å². The summed E-state index contributed by atoms with van der Waals surface area (Å²) < 4.78 is 5.19. The molecule has 2 aromatic rings. The summed E-state index contributed by atoms with van der Waals surface area (Å²) in [6.45, 7) is 0. The predicted molar refractivity (Wildman–Crippen MR) is 108 cm³/mol. The maximum absolute atomic E-state index is 11.0. The lowest BCUT2D eigenvalue weighted by Gasteiger charge is -2.60. The fourth-order valence-electron chi connectivity index (χ4n) is 6.29. The lowest BCUT2D eigenvalue weighted by Crippen LogP contribution is -2.57. The van der Waals surface area contributed by atoms with E-state index >= 15 is 0 Å². The average Bonchev–Trinajstić information content (AvgIpc) is 2.65. The molecule has 4 aliphatic rings. The Hall–Kier alpha value is -2.13. The zero-order valence-electron chi connectivity index (χ0n) is 15.9. The fraction of sp³-hybridized carbons (Fsp3) is 0.458. The first-order chi connectivity index (χ1) is 13.1. The molecule has 3 heteroatoms. The Morgan fingerprint density at radius 3 is 2.22 bits per heavy atom. The minimum absolute atomic E-state index is 0.192. The molecule has 2 aromatic carbocycles. The number of methoxy groups -OCH3 is 1. The van der Waals surface area contributed by atoms with Crippen LogP contribution in [0.25, 0.3) is 0 Å². The first kappa shape index (κ1) is 17.0. The topological polar surface area (TPSA) is 41.8 Å².